The maximum atomic E-state index is 12.9. The molecule has 0 saturated carbocycles. The molecule has 1 aromatic carbocycles. The van der Waals surface area contributed by atoms with Crippen LogP contribution >= 0.6 is 0 Å². The average molecular weight is 450 g/mol. The number of fused-ring (bicyclic) bond motifs is 3. The zero-order valence-corrected chi connectivity index (χ0v) is 18.8. The molecule has 2 spiro atoms. The highest BCUT2D eigenvalue weighted by atomic mass is 16.5. The first-order valence-electron chi connectivity index (χ1n) is 10.7. The fourth-order valence-corrected chi connectivity index (χ4v) is 4.82. The first-order valence-corrected chi connectivity index (χ1v) is 10.7. The molecule has 4 aliphatic heterocycles. The number of carbonyl (C=O) groups is 1. The van der Waals surface area contributed by atoms with Crippen LogP contribution in [0, 0.1) is 5.41 Å². The van der Waals surface area contributed by atoms with Crippen molar-refractivity contribution in [3.63, 3.8) is 0 Å². The summed E-state index contributed by atoms with van der Waals surface area (Å²) < 4.78 is 22.9. The lowest BCUT2D eigenvalue weighted by Gasteiger charge is -2.61. The zero-order chi connectivity index (χ0) is 23.3. The number of ether oxygens (including phenoxy) is 4. The molecule has 33 heavy (non-hydrogen) atoms. The highest BCUT2D eigenvalue weighted by Gasteiger charge is 2.71. The Kier molecular flexibility index (Phi) is 4.82. The van der Waals surface area contributed by atoms with Crippen LogP contribution in [0.1, 0.15) is 19.4 Å². The van der Waals surface area contributed by atoms with Gasteiger partial charge in [0.25, 0.3) is 11.9 Å². The van der Waals surface area contributed by atoms with Crippen molar-refractivity contribution in [2.24, 2.45) is 21.1 Å². The molecule has 5 rings (SSSR count). The number of nitrogens with two attached hydrogens (primary N) is 1. The fraction of sp³-hybridized carbons (Fsp3) is 0.375. The maximum absolute atomic E-state index is 12.9. The third-order valence-electron chi connectivity index (χ3n) is 6.84. The van der Waals surface area contributed by atoms with Crippen molar-refractivity contribution in [1.82, 2.24) is 0 Å². The molecule has 1 fully saturated rings. The van der Waals surface area contributed by atoms with E-state index in [0.29, 0.717) is 30.4 Å². The Balaban J connectivity index is 1.50. The number of anilines is 1. The van der Waals surface area contributed by atoms with Crippen LogP contribution in [0.25, 0.3) is 0 Å². The molecule has 4 heterocycles. The quantitative estimate of drug-likeness (QED) is 0.731. The number of nitrogens with one attached hydrogen (secondary N) is 1. The van der Waals surface area contributed by atoms with Crippen LogP contribution in [0.5, 0.6) is 5.75 Å². The minimum absolute atomic E-state index is 0.141. The summed E-state index contributed by atoms with van der Waals surface area (Å²) in [5, 5.41) is 2.92. The van der Waals surface area contributed by atoms with E-state index < -0.39 is 16.6 Å². The normalized spacial score (nSPS) is 31.1. The van der Waals surface area contributed by atoms with Gasteiger partial charge >= 0.3 is 0 Å². The van der Waals surface area contributed by atoms with Crippen molar-refractivity contribution in [2.45, 2.75) is 25.0 Å². The second-order valence-electron chi connectivity index (χ2n) is 8.92. The number of hydrogen-bond donors (Lipinski definition) is 2. The van der Waals surface area contributed by atoms with Crippen LogP contribution in [0.4, 0.5) is 5.69 Å². The van der Waals surface area contributed by atoms with Gasteiger partial charge in [-0.05, 0) is 44.2 Å². The number of allylic oxidation sites excluding steroid dienone is 5. The average Bonchev–Trinajstić information content (AvgIpc) is 3.09. The number of amidine groups is 1. The van der Waals surface area contributed by atoms with Crippen LogP contribution in [0.2, 0.25) is 0 Å². The van der Waals surface area contributed by atoms with E-state index >= 15 is 0 Å². The molecular weight excluding hydrogens is 424 g/mol. The van der Waals surface area contributed by atoms with E-state index in [4.69, 9.17) is 29.7 Å². The Bertz CT molecular complexity index is 1160. The van der Waals surface area contributed by atoms with Crippen molar-refractivity contribution in [3.8, 4) is 5.75 Å². The van der Waals surface area contributed by atoms with Gasteiger partial charge in [-0.3, -0.25) is 4.79 Å². The molecule has 0 bridgehead atoms. The molecule has 1 atom stereocenters. The van der Waals surface area contributed by atoms with Gasteiger partial charge in [0.15, 0.2) is 0 Å². The largest absolute Gasteiger partial charge is 0.495 e. The van der Waals surface area contributed by atoms with Crippen LogP contribution in [-0.4, -0.2) is 50.7 Å². The molecule has 1 amide bonds. The molecule has 0 aliphatic carbocycles. The zero-order valence-electron chi connectivity index (χ0n) is 18.8. The summed E-state index contributed by atoms with van der Waals surface area (Å²) in [6.07, 6.45) is 8.41. The van der Waals surface area contributed by atoms with E-state index in [1.807, 2.05) is 26.0 Å². The van der Waals surface area contributed by atoms with Crippen molar-refractivity contribution >= 4 is 23.8 Å². The molecule has 3 N–H and O–H groups in total. The van der Waals surface area contributed by atoms with E-state index in [-0.39, 0.29) is 24.2 Å². The molecule has 1 aromatic rings. The number of carbonyl (C=O) groups excluding carboxylic acids is 1. The Morgan fingerprint density at radius 1 is 1.18 bits per heavy atom. The van der Waals surface area contributed by atoms with Gasteiger partial charge in [0.05, 0.1) is 32.0 Å². The summed E-state index contributed by atoms with van der Waals surface area (Å²) in [7, 11) is 1.55. The van der Waals surface area contributed by atoms with E-state index in [0.717, 1.165) is 5.56 Å². The molecule has 0 radical (unpaired) electrons. The first kappa shape index (κ1) is 21.3. The number of rotatable bonds is 3. The third kappa shape index (κ3) is 3.14. The highest BCUT2D eigenvalue weighted by molar-refractivity contribution is 6.05. The first-order chi connectivity index (χ1) is 15.8. The monoisotopic (exact) mass is 450 g/mol. The van der Waals surface area contributed by atoms with Crippen LogP contribution in [0.15, 0.2) is 63.9 Å². The third-order valence-corrected chi connectivity index (χ3v) is 6.84. The Labute approximate surface area is 191 Å². The topological polar surface area (TPSA) is 117 Å². The lowest BCUT2D eigenvalue weighted by atomic mass is 9.55. The van der Waals surface area contributed by atoms with Gasteiger partial charge in [0.2, 0.25) is 0 Å². The van der Waals surface area contributed by atoms with Crippen LogP contribution in [-0.2, 0) is 24.5 Å². The number of benzene rings is 1. The van der Waals surface area contributed by atoms with Crippen molar-refractivity contribution in [3.05, 3.63) is 59.5 Å². The van der Waals surface area contributed by atoms with Crippen molar-refractivity contribution in [1.29, 1.82) is 0 Å². The van der Waals surface area contributed by atoms with Crippen molar-refractivity contribution in [2.75, 3.05) is 32.2 Å². The lowest BCUT2D eigenvalue weighted by molar-refractivity contribution is -0.247. The molecule has 172 valence electrons. The Morgan fingerprint density at radius 3 is 2.64 bits per heavy atom. The summed E-state index contributed by atoms with van der Waals surface area (Å²) in [5.74, 6) is 0.870. The molecule has 9 heteroatoms. The predicted molar refractivity (Wildman–Crippen MR) is 123 cm³/mol. The summed E-state index contributed by atoms with van der Waals surface area (Å²) in [6.45, 7) is 5.30. The Hall–Kier alpha value is -3.59. The number of hydrogen-bond acceptors (Lipinski definition) is 8. The molecular formula is C24H26N4O5. The van der Waals surface area contributed by atoms with Crippen LogP contribution < -0.4 is 15.8 Å². The van der Waals surface area contributed by atoms with Crippen molar-refractivity contribution < 1.29 is 23.7 Å². The lowest BCUT2D eigenvalue weighted by Crippen LogP contribution is -2.71. The van der Waals surface area contributed by atoms with Gasteiger partial charge in [0.1, 0.15) is 35.0 Å². The molecule has 4 aliphatic rings. The van der Waals surface area contributed by atoms with Gasteiger partial charge in [-0.25, -0.2) is 9.98 Å². The van der Waals surface area contributed by atoms with Gasteiger partial charge in [-0.2, -0.15) is 0 Å². The molecule has 1 saturated heterocycles. The number of methoxy groups -OCH3 is 1. The highest BCUT2D eigenvalue weighted by Crippen LogP contribution is 2.62. The summed E-state index contributed by atoms with van der Waals surface area (Å²) in [4.78, 5) is 22.0. The second-order valence-corrected chi connectivity index (χ2v) is 8.92. The maximum Gasteiger partial charge on any atom is 0.283 e. The standard InChI is InChI=1S/C24H26N4O5/c1-22(2)23(12-31-13-23)24(14-32-21(25)28-24)17-10-15(8-9-19(17)33-22)27-20(29)18-7-5-4-6-16(30-3)11-26-18/h4-11H,12-14H2,1-3H3,(H2,25,28)(H,27,29)/b5-4+,6-4?,7-5?,16-6-,16-11?,18-7-,26-11-,26-18?/t24-/m1/s1. The van der Waals surface area contributed by atoms with Gasteiger partial charge < -0.3 is 30.0 Å². The summed E-state index contributed by atoms with van der Waals surface area (Å²) >= 11 is 0. The van der Waals surface area contributed by atoms with Crippen LogP contribution in [0.3, 0.4) is 0 Å². The minimum atomic E-state index is -0.772. The predicted octanol–water partition coefficient (Wildman–Crippen LogP) is 2.41. The van der Waals surface area contributed by atoms with Gasteiger partial charge in [0, 0.05) is 11.3 Å². The number of nitrogens with zero attached hydrogens (tertiary/aromatic N) is 2. The van der Waals surface area contributed by atoms with E-state index in [1.54, 1.807) is 37.5 Å². The van der Waals surface area contributed by atoms with E-state index in [1.165, 1.54) is 6.21 Å². The molecule has 9 nitrogen and oxygen atoms in total. The molecule has 0 unspecified atom stereocenters. The summed E-state index contributed by atoms with van der Waals surface area (Å²) in [5.41, 5.74) is 5.84. The summed E-state index contributed by atoms with van der Waals surface area (Å²) in [6, 6.07) is 5.65. The van der Waals surface area contributed by atoms with E-state index in [2.05, 4.69) is 10.3 Å². The SMILES string of the molecule is COC1=C\C=C\C=C(C(=O)Nc2ccc3c(c2)[C@]2(COC(N)=N2)C2(COC2)C(C)(C)O3)/N=C\1. The van der Waals surface area contributed by atoms with Gasteiger partial charge in [-0.1, -0.05) is 12.2 Å². The number of amides is 1. The minimum Gasteiger partial charge on any atom is -0.495 e. The molecule has 0 aromatic heterocycles. The second kappa shape index (κ2) is 7.48. The Morgan fingerprint density at radius 2 is 1.97 bits per heavy atom. The van der Waals surface area contributed by atoms with Gasteiger partial charge in [-0.15, -0.1) is 0 Å². The van der Waals surface area contributed by atoms with E-state index in [9.17, 15) is 4.79 Å². The smallest absolute Gasteiger partial charge is 0.283 e. The fourth-order valence-electron chi connectivity index (χ4n) is 4.82. The number of aliphatic imine (C=N–C) groups is 2.